The molecule has 0 amide bonds. The van der Waals surface area contributed by atoms with Crippen molar-refractivity contribution in [3.8, 4) is 0 Å². The van der Waals surface area contributed by atoms with Crippen molar-refractivity contribution in [1.82, 2.24) is 10.2 Å². The summed E-state index contributed by atoms with van der Waals surface area (Å²) in [5.41, 5.74) is 2.71. The summed E-state index contributed by atoms with van der Waals surface area (Å²) < 4.78 is 0. The minimum absolute atomic E-state index is 0.197. The molecule has 24 heavy (non-hydrogen) atoms. The van der Waals surface area contributed by atoms with Crippen LogP contribution in [0, 0.1) is 5.92 Å². The SMILES string of the molecule is CC(C1=CNC2N=CC=CC12)N1CCN(c2ccc(Cl)cc2)CC1. The third kappa shape index (κ3) is 2.96. The van der Waals surface area contributed by atoms with Gasteiger partial charge in [-0.15, -0.1) is 0 Å². The van der Waals surface area contributed by atoms with E-state index in [4.69, 9.17) is 11.6 Å². The highest BCUT2D eigenvalue weighted by atomic mass is 35.5. The molecule has 3 unspecified atom stereocenters. The number of nitrogens with one attached hydrogen (secondary N) is 1. The molecule has 1 aromatic rings. The predicted molar refractivity (Wildman–Crippen MR) is 101 cm³/mol. The lowest BCUT2D eigenvalue weighted by Crippen LogP contribution is -2.50. The Morgan fingerprint density at radius 2 is 1.92 bits per heavy atom. The van der Waals surface area contributed by atoms with Gasteiger partial charge in [-0.1, -0.05) is 17.7 Å². The Labute approximate surface area is 148 Å². The molecule has 1 saturated heterocycles. The van der Waals surface area contributed by atoms with Crippen molar-refractivity contribution >= 4 is 23.5 Å². The van der Waals surface area contributed by atoms with Gasteiger partial charge in [0.25, 0.3) is 0 Å². The summed E-state index contributed by atoms with van der Waals surface area (Å²) in [6.45, 7) is 6.57. The largest absolute Gasteiger partial charge is 0.369 e. The maximum atomic E-state index is 5.99. The lowest BCUT2D eigenvalue weighted by Gasteiger charge is -2.40. The molecule has 1 aromatic carbocycles. The zero-order chi connectivity index (χ0) is 16.5. The molecule has 4 nitrogen and oxygen atoms in total. The van der Waals surface area contributed by atoms with Crippen molar-refractivity contribution in [1.29, 1.82) is 0 Å². The van der Waals surface area contributed by atoms with Crippen molar-refractivity contribution in [2.75, 3.05) is 31.1 Å². The van der Waals surface area contributed by atoms with Crippen LogP contribution in [0.15, 0.2) is 53.2 Å². The fourth-order valence-electron chi connectivity index (χ4n) is 3.86. The number of nitrogens with zero attached hydrogens (tertiary/aromatic N) is 3. The summed E-state index contributed by atoms with van der Waals surface area (Å²) in [5.74, 6) is 0.402. The Kier molecular flexibility index (Phi) is 4.33. The standard InChI is InChI=1S/C19H23ClN4/c1-14(18-13-22-19-17(18)3-2-8-21-19)23-9-11-24(12-10-23)16-6-4-15(20)5-7-16/h2-8,13-14,17,19,22H,9-12H2,1H3. The second kappa shape index (κ2) is 6.61. The summed E-state index contributed by atoms with van der Waals surface area (Å²) in [6, 6.07) is 8.60. The van der Waals surface area contributed by atoms with E-state index >= 15 is 0 Å². The van der Waals surface area contributed by atoms with Crippen LogP contribution in [0.3, 0.4) is 0 Å². The average molecular weight is 343 g/mol. The van der Waals surface area contributed by atoms with E-state index in [-0.39, 0.29) is 6.17 Å². The van der Waals surface area contributed by atoms with Gasteiger partial charge in [-0.2, -0.15) is 0 Å². The number of allylic oxidation sites excluding steroid dienone is 1. The fourth-order valence-corrected chi connectivity index (χ4v) is 3.98. The number of hydrogen-bond donors (Lipinski definition) is 1. The average Bonchev–Trinajstić information content (AvgIpc) is 3.06. The molecule has 3 aliphatic rings. The quantitative estimate of drug-likeness (QED) is 0.916. The number of fused-ring (bicyclic) bond motifs is 1. The van der Waals surface area contributed by atoms with Crippen molar-refractivity contribution in [2.24, 2.45) is 10.9 Å². The summed E-state index contributed by atoms with van der Waals surface area (Å²) in [7, 11) is 0. The highest BCUT2D eigenvalue weighted by Gasteiger charge is 2.34. The van der Waals surface area contributed by atoms with Gasteiger partial charge in [0.2, 0.25) is 0 Å². The molecule has 4 rings (SSSR count). The van der Waals surface area contributed by atoms with E-state index in [0.29, 0.717) is 12.0 Å². The first-order chi connectivity index (χ1) is 11.7. The molecule has 0 bridgehead atoms. The topological polar surface area (TPSA) is 30.9 Å². The highest BCUT2D eigenvalue weighted by molar-refractivity contribution is 6.30. The van der Waals surface area contributed by atoms with Crippen LogP contribution >= 0.6 is 11.6 Å². The van der Waals surface area contributed by atoms with Crippen LogP contribution in [0.25, 0.3) is 0 Å². The molecule has 0 spiro atoms. The van der Waals surface area contributed by atoms with Crippen LogP contribution in [0.4, 0.5) is 5.69 Å². The number of aliphatic imine (C=N–C) groups is 1. The van der Waals surface area contributed by atoms with Gasteiger partial charge in [0.15, 0.2) is 0 Å². The first-order valence-corrected chi connectivity index (χ1v) is 9.01. The van der Waals surface area contributed by atoms with E-state index in [1.807, 2.05) is 18.3 Å². The maximum absolute atomic E-state index is 5.99. The number of benzene rings is 1. The van der Waals surface area contributed by atoms with Crippen LogP contribution in [0.2, 0.25) is 5.02 Å². The predicted octanol–water partition coefficient (Wildman–Crippen LogP) is 2.92. The lowest BCUT2D eigenvalue weighted by molar-refractivity contribution is 0.213. The Bertz CT molecular complexity index is 671. The molecule has 5 heteroatoms. The first-order valence-electron chi connectivity index (χ1n) is 8.63. The van der Waals surface area contributed by atoms with Gasteiger partial charge < -0.3 is 10.2 Å². The van der Waals surface area contributed by atoms with Gasteiger partial charge in [-0.05, 0) is 49.0 Å². The lowest BCUT2D eigenvalue weighted by atomic mass is 9.92. The van der Waals surface area contributed by atoms with Crippen LogP contribution in [-0.4, -0.2) is 49.5 Å². The van der Waals surface area contributed by atoms with Crippen molar-refractivity contribution in [2.45, 2.75) is 19.1 Å². The number of anilines is 1. The molecule has 3 aliphatic heterocycles. The Morgan fingerprint density at radius 3 is 2.67 bits per heavy atom. The van der Waals surface area contributed by atoms with Gasteiger partial charge >= 0.3 is 0 Å². The number of dihydropyridines is 1. The molecule has 3 heterocycles. The summed E-state index contributed by atoms with van der Waals surface area (Å²) in [5, 5.41) is 4.20. The third-order valence-corrected chi connectivity index (χ3v) is 5.59. The van der Waals surface area contributed by atoms with E-state index < -0.39 is 0 Å². The normalized spacial score (nSPS) is 27.6. The van der Waals surface area contributed by atoms with Gasteiger partial charge in [0, 0.05) is 55.1 Å². The minimum atomic E-state index is 0.197. The maximum Gasteiger partial charge on any atom is 0.128 e. The molecule has 0 saturated carbocycles. The smallest absolute Gasteiger partial charge is 0.128 e. The zero-order valence-electron chi connectivity index (χ0n) is 13.9. The number of rotatable bonds is 3. The van der Waals surface area contributed by atoms with E-state index in [1.165, 1.54) is 11.3 Å². The summed E-state index contributed by atoms with van der Waals surface area (Å²) in [4.78, 5) is 9.53. The van der Waals surface area contributed by atoms with Crippen LogP contribution in [0.1, 0.15) is 6.92 Å². The van der Waals surface area contributed by atoms with Crippen LogP contribution in [0.5, 0.6) is 0 Å². The van der Waals surface area contributed by atoms with Gasteiger partial charge in [0.05, 0.1) is 0 Å². The van der Waals surface area contributed by atoms with Gasteiger partial charge in [-0.3, -0.25) is 9.89 Å². The second-order valence-electron chi connectivity index (χ2n) is 6.64. The van der Waals surface area contributed by atoms with E-state index in [2.05, 4.69) is 57.5 Å². The molecular formula is C19H23ClN4. The molecular weight excluding hydrogens is 320 g/mol. The van der Waals surface area contributed by atoms with Crippen molar-refractivity contribution < 1.29 is 0 Å². The zero-order valence-corrected chi connectivity index (χ0v) is 14.7. The van der Waals surface area contributed by atoms with Crippen molar-refractivity contribution in [3.05, 3.63) is 53.2 Å². The molecule has 0 radical (unpaired) electrons. The van der Waals surface area contributed by atoms with E-state index in [1.54, 1.807) is 0 Å². The molecule has 0 aromatic heterocycles. The van der Waals surface area contributed by atoms with Crippen molar-refractivity contribution in [3.63, 3.8) is 0 Å². The van der Waals surface area contributed by atoms with E-state index in [9.17, 15) is 0 Å². The van der Waals surface area contributed by atoms with Crippen LogP contribution < -0.4 is 10.2 Å². The molecule has 126 valence electrons. The molecule has 1 fully saturated rings. The highest BCUT2D eigenvalue weighted by Crippen LogP contribution is 2.30. The van der Waals surface area contributed by atoms with Crippen LogP contribution in [-0.2, 0) is 0 Å². The Morgan fingerprint density at radius 1 is 1.17 bits per heavy atom. The Balaban J connectivity index is 1.38. The monoisotopic (exact) mass is 342 g/mol. The number of hydrogen-bond acceptors (Lipinski definition) is 4. The summed E-state index contributed by atoms with van der Waals surface area (Å²) in [6.07, 6.45) is 8.60. The molecule has 0 aliphatic carbocycles. The molecule has 3 atom stereocenters. The third-order valence-electron chi connectivity index (χ3n) is 5.33. The second-order valence-corrected chi connectivity index (χ2v) is 7.08. The first kappa shape index (κ1) is 15.7. The Hall–Kier alpha value is -1.78. The summed E-state index contributed by atoms with van der Waals surface area (Å²) >= 11 is 5.99. The molecule has 1 N–H and O–H groups in total. The van der Waals surface area contributed by atoms with E-state index in [0.717, 1.165) is 31.2 Å². The fraction of sp³-hybridized carbons (Fsp3) is 0.421. The number of halogens is 1. The van der Waals surface area contributed by atoms with Gasteiger partial charge in [0.1, 0.15) is 6.17 Å². The van der Waals surface area contributed by atoms with Gasteiger partial charge in [-0.25, -0.2) is 0 Å². The number of piperazine rings is 1. The minimum Gasteiger partial charge on any atom is -0.369 e.